The summed E-state index contributed by atoms with van der Waals surface area (Å²) in [7, 11) is 6.04. The van der Waals surface area contributed by atoms with Gasteiger partial charge in [-0.1, -0.05) is 29.8 Å². The molecule has 7 heteroatoms. The number of aromatic nitrogens is 1. The van der Waals surface area contributed by atoms with Gasteiger partial charge in [0.2, 0.25) is 0 Å². The van der Waals surface area contributed by atoms with Crippen LogP contribution in [0, 0.1) is 0 Å². The zero-order chi connectivity index (χ0) is 23.3. The molecule has 0 unspecified atom stereocenters. The number of hydrogen-bond acceptors (Lipinski definition) is 4. The Balaban J connectivity index is 1.70. The third-order valence-electron chi connectivity index (χ3n) is 6.13. The fourth-order valence-corrected chi connectivity index (χ4v) is 4.82. The summed E-state index contributed by atoms with van der Waals surface area (Å²) in [6.45, 7) is 1.58. The van der Waals surface area contributed by atoms with Gasteiger partial charge in [-0.3, -0.25) is 14.9 Å². The Labute approximate surface area is 196 Å². The van der Waals surface area contributed by atoms with Gasteiger partial charge in [0.25, 0.3) is 11.8 Å². The van der Waals surface area contributed by atoms with Crippen LogP contribution in [0.4, 0.5) is 0 Å². The number of amides is 2. The number of nitrogens with zero attached hydrogens (tertiary/aromatic N) is 2. The Morgan fingerprint density at radius 3 is 2.48 bits per heavy atom. The number of ether oxygens (including phenoxy) is 1. The van der Waals surface area contributed by atoms with Crippen LogP contribution in [0.25, 0.3) is 32.9 Å². The molecule has 0 spiro atoms. The normalized spacial score (nSPS) is 13.2. The van der Waals surface area contributed by atoms with Crippen LogP contribution in [0.15, 0.2) is 48.5 Å². The molecular formula is C26H24ClN3O3. The van der Waals surface area contributed by atoms with Crippen molar-refractivity contribution in [2.75, 3.05) is 27.2 Å². The van der Waals surface area contributed by atoms with Crippen molar-refractivity contribution in [1.82, 2.24) is 14.8 Å². The molecule has 168 valence electrons. The largest absolute Gasteiger partial charge is 0.493 e. The Morgan fingerprint density at radius 2 is 1.73 bits per heavy atom. The van der Waals surface area contributed by atoms with E-state index in [9.17, 15) is 9.59 Å². The number of carbonyl (C=O) groups excluding carboxylic acids is 2. The second-order valence-electron chi connectivity index (χ2n) is 8.57. The average molecular weight is 462 g/mol. The fraction of sp³-hybridized carbons (Fsp3) is 0.231. The summed E-state index contributed by atoms with van der Waals surface area (Å²) in [4.78, 5) is 27.8. The standard InChI is InChI=1S/C26H24ClN3O3/c1-29(2)11-6-12-33-15-9-10-17-20(13-15)30(3)21-14-18(16-7-4-5-8-19(16)27)23-24(22(17)21)26(32)28-25(23)31/h4-5,7-10,13-14H,6,11-12H2,1-3H3,(H,28,31,32). The van der Waals surface area contributed by atoms with Gasteiger partial charge < -0.3 is 14.2 Å². The number of carbonyl (C=O) groups is 2. The van der Waals surface area contributed by atoms with Crippen LogP contribution in [-0.2, 0) is 7.05 Å². The first-order chi connectivity index (χ1) is 15.9. The Bertz CT molecular complexity index is 1440. The number of benzene rings is 3. The monoisotopic (exact) mass is 461 g/mol. The molecule has 0 bridgehead atoms. The van der Waals surface area contributed by atoms with Gasteiger partial charge in [-0.15, -0.1) is 0 Å². The van der Waals surface area contributed by atoms with Crippen LogP contribution in [0.1, 0.15) is 27.1 Å². The van der Waals surface area contributed by atoms with E-state index in [0.29, 0.717) is 28.3 Å². The summed E-state index contributed by atoms with van der Waals surface area (Å²) in [6.07, 6.45) is 0.928. The first kappa shape index (κ1) is 21.5. The number of fused-ring (bicyclic) bond motifs is 5. The maximum atomic E-state index is 12.9. The SMILES string of the molecule is CN(C)CCCOc1ccc2c3c4c(c(-c5ccccc5Cl)cc3n(C)c2c1)C(=O)NC4=O. The van der Waals surface area contributed by atoms with Gasteiger partial charge in [-0.05, 0) is 50.3 Å². The summed E-state index contributed by atoms with van der Waals surface area (Å²) in [5, 5.41) is 4.67. The van der Waals surface area contributed by atoms with Crippen LogP contribution < -0.4 is 10.1 Å². The summed E-state index contributed by atoms with van der Waals surface area (Å²) >= 11 is 6.47. The maximum Gasteiger partial charge on any atom is 0.259 e. The smallest absolute Gasteiger partial charge is 0.259 e. The number of rotatable bonds is 6. The molecule has 0 aliphatic carbocycles. The van der Waals surface area contributed by atoms with Crippen molar-refractivity contribution in [3.8, 4) is 16.9 Å². The number of hydrogen-bond donors (Lipinski definition) is 1. The molecule has 1 N–H and O–H groups in total. The van der Waals surface area contributed by atoms with E-state index < -0.39 is 5.91 Å². The van der Waals surface area contributed by atoms with Crippen LogP contribution in [-0.4, -0.2) is 48.5 Å². The molecule has 5 rings (SSSR count). The molecule has 1 aliphatic rings. The second-order valence-corrected chi connectivity index (χ2v) is 8.98. The van der Waals surface area contributed by atoms with Crippen molar-refractivity contribution in [2.45, 2.75) is 6.42 Å². The Morgan fingerprint density at radius 1 is 0.970 bits per heavy atom. The highest BCUT2D eigenvalue weighted by molar-refractivity contribution is 6.36. The van der Waals surface area contributed by atoms with E-state index in [-0.39, 0.29) is 5.91 Å². The predicted molar refractivity (Wildman–Crippen MR) is 131 cm³/mol. The molecule has 1 aromatic heterocycles. The number of nitrogens with one attached hydrogen (secondary N) is 1. The van der Waals surface area contributed by atoms with Crippen molar-refractivity contribution in [2.24, 2.45) is 7.05 Å². The lowest BCUT2D eigenvalue weighted by molar-refractivity contribution is 0.0880. The van der Waals surface area contributed by atoms with E-state index >= 15 is 0 Å². The molecule has 2 heterocycles. The topological polar surface area (TPSA) is 63.6 Å². The molecule has 0 saturated carbocycles. The lowest BCUT2D eigenvalue weighted by Crippen LogP contribution is -2.20. The van der Waals surface area contributed by atoms with E-state index in [1.54, 1.807) is 6.07 Å². The van der Waals surface area contributed by atoms with Crippen molar-refractivity contribution >= 4 is 45.2 Å². The molecule has 6 nitrogen and oxygen atoms in total. The van der Waals surface area contributed by atoms with Gasteiger partial charge in [0.1, 0.15) is 5.75 Å². The van der Waals surface area contributed by atoms with E-state index in [0.717, 1.165) is 46.1 Å². The number of imide groups is 1. The van der Waals surface area contributed by atoms with Gasteiger partial charge in [0.15, 0.2) is 0 Å². The Hall–Kier alpha value is -3.35. The quantitative estimate of drug-likeness (QED) is 0.329. The molecule has 0 radical (unpaired) electrons. The third-order valence-corrected chi connectivity index (χ3v) is 6.46. The zero-order valence-electron chi connectivity index (χ0n) is 18.7. The minimum absolute atomic E-state index is 0.372. The molecule has 0 atom stereocenters. The van der Waals surface area contributed by atoms with Crippen LogP contribution in [0.3, 0.4) is 0 Å². The minimum atomic E-state index is -0.398. The minimum Gasteiger partial charge on any atom is -0.493 e. The molecule has 33 heavy (non-hydrogen) atoms. The molecule has 2 amide bonds. The lowest BCUT2D eigenvalue weighted by Gasteiger charge is -2.10. The van der Waals surface area contributed by atoms with E-state index in [1.165, 1.54) is 0 Å². The molecule has 4 aromatic rings. The summed E-state index contributed by atoms with van der Waals surface area (Å²) in [5.41, 5.74) is 3.93. The molecule has 3 aromatic carbocycles. The van der Waals surface area contributed by atoms with Gasteiger partial charge in [-0.2, -0.15) is 0 Å². The predicted octanol–water partition coefficient (Wildman–Crippen LogP) is 4.87. The molecule has 0 saturated heterocycles. The first-order valence-electron chi connectivity index (χ1n) is 10.8. The summed E-state index contributed by atoms with van der Waals surface area (Å²) in [6, 6.07) is 15.2. The molecule has 1 aliphatic heterocycles. The van der Waals surface area contributed by atoms with Gasteiger partial charge in [-0.25, -0.2) is 0 Å². The van der Waals surface area contributed by atoms with Gasteiger partial charge in [0, 0.05) is 41.0 Å². The second kappa shape index (κ2) is 8.21. The van der Waals surface area contributed by atoms with Gasteiger partial charge in [0.05, 0.1) is 28.8 Å². The average Bonchev–Trinajstić information content (AvgIpc) is 3.24. The highest BCUT2D eigenvalue weighted by Gasteiger charge is 2.34. The third kappa shape index (κ3) is 3.56. The zero-order valence-corrected chi connectivity index (χ0v) is 19.5. The first-order valence-corrected chi connectivity index (χ1v) is 11.2. The highest BCUT2D eigenvalue weighted by Crippen LogP contribution is 2.42. The van der Waals surface area contributed by atoms with Gasteiger partial charge >= 0.3 is 0 Å². The molecule has 0 fully saturated rings. The highest BCUT2D eigenvalue weighted by atomic mass is 35.5. The van der Waals surface area contributed by atoms with Crippen molar-refractivity contribution in [3.63, 3.8) is 0 Å². The van der Waals surface area contributed by atoms with E-state index in [1.807, 2.05) is 68.2 Å². The Kier molecular flexibility index (Phi) is 5.35. The maximum absolute atomic E-state index is 12.9. The van der Waals surface area contributed by atoms with Crippen LogP contribution in [0.2, 0.25) is 5.02 Å². The van der Waals surface area contributed by atoms with Crippen molar-refractivity contribution < 1.29 is 14.3 Å². The summed E-state index contributed by atoms with van der Waals surface area (Å²) < 4.78 is 8.00. The number of halogens is 1. The van der Waals surface area contributed by atoms with E-state index in [4.69, 9.17) is 16.3 Å². The fourth-order valence-electron chi connectivity index (χ4n) is 4.58. The van der Waals surface area contributed by atoms with Crippen molar-refractivity contribution in [1.29, 1.82) is 0 Å². The lowest BCUT2D eigenvalue weighted by atomic mass is 9.93. The van der Waals surface area contributed by atoms with Crippen LogP contribution in [0.5, 0.6) is 5.75 Å². The number of aryl methyl sites for hydroxylation is 1. The van der Waals surface area contributed by atoms with Crippen LogP contribution >= 0.6 is 11.6 Å². The van der Waals surface area contributed by atoms with E-state index in [2.05, 4.69) is 10.2 Å². The van der Waals surface area contributed by atoms with Crippen molar-refractivity contribution in [3.05, 3.63) is 64.7 Å². The molecular weight excluding hydrogens is 438 g/mol. The summed E-state index contributed by atoms with van der Waals surface area (Å²) in [5.74, 6) is -0.00857.